The van der Waals surface area contributed by atoms with Gasteiger partial charge in [-0.2, -0.15) is 0 Å². The fourth-order valence-corrected chi connectivity index (χ4v) is 5.11. The van der Waals surface area contributed by atoms with Gasteiger partial charge in [0.25, 0.3) is 0 Å². The maximum absolute atomic E-state index is 6.35. The number of benzene rings is 2. The van der Waals surface area contributed by atoms with Gasteiger partial charge in [-0.15, -0.1) is 0 Å². The normalized spacial score (nSPS) is 19.4. The van der Waals surface area contributed by atoms with Crippen molar-refractivity contribution in [2.24, 2.45) is 5.41 Å². The van der Waals surface area contributed by atoms with Crippen LogP contribution in [0.1, 0.15) is 49.4 Å². The molecule has 0 spiro atoms. The van der Waals surface area contributed by atoms with Crippen molar-refractivity contribution in [2.45, 2.75) is 43.9 Å². The van der Waals surface area contributed by atoms with Gasteiger partial charge in [-0.05, 0) is 41.7 Å². The van der Waals surface area contributed by atoms with E-state index in [4.69, 9.17) is 11.6 Å². The summed E-state index contributed by atoms with van der Waals surface area (Å²) in [6.07, 6.45) is 6.62. The average molecular weight is 352 g/mol. The van der Waals surface area contributed by atoms with E-state index in [9.17, 15) is 0 Å². The minimum atomic E-state index is 0.413. The minimum absolute atomic E-state index is 0.413. The van der Waals surface area contributed by atoms with E-state index in [-0.39, 0.29) is 0 Å². The van der Waals surface area contributed by atoms with Crippen LogP contribution in [0.25, 0.3) is 10.8 Å². The standard InChI is InChI=1S/C18H20BrCl/c1-2-18(11-5-6-12-18)17(19)15-9-10-16(20)14-8-4-3-7-13(14)15/h3-4,7-10,17H,2,5-6,11-12H2,1H3. The highest BCUT2D eigenvalue weighted by Crippen LogP contribution is 2.55. The number of halogens is 2. The highest BCUT2D eigenvalue weighted by molar-refractivity contribution is 9.09. The van der Waals surface area contributed by atoms with Gasteiger partial charge in [-0.1, -0.05) is 77.6 Å². The molecule has 0 bridgehead atoms. The molecule has 1 atom stereocenters. The topological polar surface area (TPSA) is 0 Å². The van der Waals surface area contributed by atoms with E-state index in [2.05, 4.69) is 53.2 Å². The summed E-state index contributed by atoms with van der Waals surface area (Å²) in [6.45, 7) is 2.33. The van der Waals surface area contributed by atoms with Gasteiger partial charge in [0.2, 0.25) is 0 Å². The lowest BCUT2D eigenvalue weighted by molar-refractivity contribution is 0.280. The third-order valence-corrected chi connectivity index (χ3v) is 6.81. The predicted octanol–water partition coefficient (Wildman–Crippen LogP) is 6.90. The number of hydrogen-bond donors (Lipinski definition) is 0. The van der Waals surface area contributed by atoms with Crippen molar-refractivity contribution >= 4 is 38.3 Å². The van der Waals surface area contributed by atoms with Gasteiger partial charge in [0.15, 0.2) is 0 Å². The zero-order chi connectivity index (χ0) is 14.2. The van der Waals surface area contributed by atoms with Crippen molar-refractivity contribution in [1.29, 1.82) is 0 Å². The largest absolute Gasteiger partial charge is 0.0837 e. The van der Waals surface area contributed by atoms with Gasteiger partial charge >= 0.3 is 0 Å². The molecule has 0 aromatic heterocycles. The summed E-state index contributed by atoms with van der Waals surface area (Å²) < 4.78 is 0. The summed E-state index contributed by atoms with van der Waals surface area (Å²) >= 11 is 10.4. The van der Waals surface area contributed by atoms with Crippen LogP contribution in [0.4, 0.5) is 0 Å². The summed E-state index contributed by atoms with van der Waals surface area (Å²) in [6, 6.07) is 12.7. The molecule has 0 heterocycles. The average Bonchev–Trinajstić information content (AvgIpc) is 2.97. The van der Waals surface area contributed by atoms with E-state index in [1.165, 1.54) is 48.4 Å². The van der Waals surface area contributed by atoms with Crippen LogP contribution >= 0.6 is 27.5 Å². The smallest absolute Gasteiger partial charge is 0.0484 e. The maximum atomic E-state index is 6.35. The molecular formula is C18H20BrCl. The minimum Gasteiger partial charge on any atom is -0.0837 e. The van der Waals surface area contributed by atoms with Crippen LogP contribution in [-0.4, -0.2) is 0 Å². The quantitative estimate of drug-likeness (QED) is 0.527. The van der Waals surface area contributed by atoms with Crippen molar-refractivity contribution in [3.05, 3.63) is 47.0 Å². The first-order valence-corrected chi connectivity index (χ1v) is 8.78. The van der Waals surface area contributed by atoms with Crippen molar-refractivity contribution in [3.8, 4) is 0 Å². The number of hydrogen-bond acceptors (Lipinski definition) is 0. The first-order chi connectivity index (χ1) is 9.68. The van der Waals surface area contributed by atoms with Gasteiger partial charge < -0.3 is 0 Å². The van der Waals surface area contributed by atoms with Crippen LogP contribution < -0.4 is 0 Å². The van der Waals surface area contributed by atoms with E-state index in [0.717, 1.165) is 5.02 Å². The van der Waals surface area contributed by atoms with E-state index in [0.29, 0.717) is 10.2 Å². The first kappa shape index (κ1) is 14.4. The Kier molecular flexibility index (Phi) is 4.10. The van der Waals surface area contributed by atoms with Gasteiger partial charge in [-0.3, -0.25) is 0 Å². The lowest BCUT2D eigenvalue weighted by atomic mass is 9.77. The van der Waals surface area contributed by atoms with Crippen LogP contribution in [0.3, 0.4) is 0 Å². The molecule has 0 aliphatic heterocycles. The van der Waals surface area contributed by atoms with Crippen LogP contribution in [0.5, 0.6) is 0 Å². The number of fused-ring (bicyclic) bond motifs is 1. The molecule has 3 rings (SSSR count). The van der Waals surface area contributed by atoms with Gasteiger partial charge in [0, 0.05) is 15.2 Å². The molecule has 2 heteroatoms. The maximum Gasteiger partial charge on any atom is 0.0484 e. The van der Waals surface area contributed by atoms with Crippen molar-refractivity contribution in [1.82, 2.24) is 0 Å². The van der Waals surface area contributed by atoms with E-state index in [1.54, 1.807) is 0 Å². The Hall–Kier alpha value is -0.530. The summed E-state index contributed by atoms with van der Waals surface area (Å²) in [5, 5.41) is 3.31. The second-order valence-electron chi connectivity index (χ2n) is 5.97. The van der Waals surface area contributed by atoms with Gasteiger partial charge in [0.05, 0.1) is 0 Å². The fraction of sp³-hybridized carbons (Fsp3) is 0.444. The molecule has 2 aromatic carbocycles. The third-order valence-electron chi connectivity index (χ3n) is 5.02. The van der Waals surface area contributed by atoms with Gasteiger partial charge in [0.1, 0.15) is 0 Å². The van der Waals surface area contributed by atoms with Crippen LogP contribution in [0, 0.1) is 5.41 Å². The zero-order valence-corrected chi connectivity index (χ0v) is 14.2. The molecule has 2 aromatic rings. The van der Waals surface area contributed by atoms with Crippen LogP contribution in [0.15, 0.2) is 36.4 Å². The Balaban J connectivity index is 2.12. The Labute approximate surface area is 134 Å². The Morgan fingerprint density at radius 2 is 1.75 bits per heavy atom. The van der Waals surface area contributed by atoms with Crippen molar-refractivity contribution < 1.29 is 0 Å². The fourth-order valence-electron chi connectivity index (χ4n) is 3.70. The molecular weight excluding hydrogens is 332 g/mol. The molecule has 0 nitrogen and oxygen atoms in total. The van der Waals surface area contributed by atoms with E-state index >= 15 is 0 Å². The highest BCUT2D eigenvalue weighted by atomic mass is 79.9. The lowest BCUT2D eigenvalue weighted by Gasteiger charge is -2.34. The van der Waals surface area contributed by atoms with E-state index < -0.39 is 0 Å². The SMILES string of the molecule is CCC1(C(Br)c2ccc(Cl)c3ccccc23)CCCC1. The summed E-state index contributed by atoms with van der Waals surface area (Å²) in [5.74, 6) is 0. The van der Waals surface area contributed by atoms with Crippen LogP contribution in [0.2, 0.25) is 5.02 Å². The molecule has 20 heavy (non-hydrogen) atoms. The summed E-state index contributed by atoms with van der Waals surface area (Å²) in [4.78, 5) is 0.421. The highest BCUT2D eigenvalue weighted by Gasteiger charge is 2.39. The molecule has 0 radical (unpaired) electrons. The second kappa shape index (κ2) is 5.69. The summed E-state index contributed by atoms with van der Waals surface area (Å²) in [7, 11) is 0. The number of alkyl halides is 1. The Morgan fingerprint density at radius 1 is 1.10 bits per heavy atom. The monoisotopic (exact) mass is 350 g/mol. The second-order valence-corrected chi connectivity index (χ2v) is 7.29. The molecule has 0 saturated heterocycles. The molecule has 1 fully saturated rings. The Morgan fingerprint density at radius 3 is 2.40 bits per heavy atom. The molecule has 0 N–H and O–H groups in total. The molecule has 1 unspecified atom stereocenters. The predicted molar refractivity (Wildman–Crippen MR) is 91.8 cm³/mol. The first-order valence-electron chi connectivity index (χ1n) is 7.49. The molecule has 1 saturated carbocycles. The van der Waals surface area contributed by atoms with Gasteiger partial charge in [-0.25, -0.2) is 0 Å². The number of rotatable bonds is 3. The molecule has 1 aliphatic carbocycles. The third kappa shape index (κ3) is 2.29. The molecule has 1 aliphatic rings. The zero-order valence-electron chi connectivity index (χ0n) is 11.8. The summed E-state index contributed by atoms with van der Waals surface area (Å²) in [5.41, 5.74) is 1.81. The van der Waals surface area contributed by atoms with Crippen molar-refractivity contribution in [3.63, 3.8) is 0 Å². The lowest BCUT2D eigenvalue weighted by Crippen LogP contribution is -2.21. The molecule has 106 valence electrons. The Bertz CT molecular complexity index is 614. The molecule has 0 amide bonds. The van der Waals surface area contributed by atoms with E-state index in [1.807, 2.05) is 6.07 Å². The van der Waals surface area contributed by atoms with Crippen molar-refractivity contribution in [2.75, 3.05) is 0 Å². The van der Waals surface area contributed by atoms with Crippen LogP contribution in [-0.2, 0) is 0 Å².